The van der Waals surface area contributed by atoms with Gasteiger partial charge in [0.25, 0.3) is 0 Å². The second-order valence-electron chi connectivity index (χ2n) is 8.13. The Kier molecular flexibility index (Phi) is 9.56. The molecule has 0 bridgehead atoms. The summed E-state index contributed by atoms with van der Waals surface area (Å²) in [5, 5.41) is 11.9. The van der Waals surface area contributed by atoms with E-state index in [0.717, 1.165) is 30.8 Å². The highest BCUT2D eigenvalue weighted by Gasteiger charge is 2.29. The minimum atomic E-state index is -0.661. The minimum Gasteiger partial charge on any atom is -0.465 e. The first-order valence-corrected chi connectivity index (χ1v) is 11.6. The number of esters is 1. The molecule has 0 aliphatic carbocycles. The monoisotopic (exact) mass is 488 g/mol. The molecule has 1 aromatic heterocycles. The number of carbonyl (C=O) groups is 1. The maximum atomic E-state index is 12.4. The van der Waals surface area contributed by atoms with Crippen molar-refractivity contribution in [1.82, 2.24) is 14.9 Å². The van der Waals surface area contributed by atoms with E-state index < -0.39 is 16.6 Å². The lowest BCUT2D eigenvalue weighted by atomic mass is 10.1. The third-order valence-electron chi connectivity index (χ3n) is 5.47. The third-order valence-corrected chi connectivity index (χ3v) is 5.47. The number of likely N-dealkylation sites (tertiary alicyclic amines) is 1. The van der Waals surface area contributed by atoms with E-state index in [1.807, 2.05) is 24.3 Å². The van der Waals surface area contributed by atoms with E-state index in [1.165, 1.54) is 24.9 Å². The van der Waals surface area contributed by atoms with Crippen LogP contribution in [0.15, 0.2) is 24.3 Å². The van der Waals surface area contributed by atoms with Crippen LogP contribution in [0, 0.1) is 10.1 Å². The van der Waals surface area contributed by atoms with Crippen LogP contribution in [0.4, 0.5) is 17.3 Å². The quantitative estimate of drug-likeness (QED) is 0.191. The van der Waals surface area contributed by atoms with E-state index in [-0.39, 0.29) is 50.6 Å². The van der Waals surface area contributed by atoms with Crippen LogP contribution < -0.4 is 15.4 Å². The van der Waals surface area contributed by atoms with Crippen molar-refractivity contribution < 1.29 is 23.9 Å². The second kappa shape index (κ2) is 12.8. The fourth-order valence-corrected chi connectivity index (χ4v) is 3.93. The van der Waals surface area contributed by atoms with E-state index >= 15 is 0 Å². The number of rotatable bonds is 13. The molecule has 0 spiro atoms. The molecule has 1 aromatic carbocycles. The van der Waals surface area contributed by atoms with E-state index in [0.29, 0.717) is 0 Å². The van der Waals surface area contributed by atoms with Crippen molar-refractivity contribution in [2.75, 3.05) is 57.2 Å². The van der Waals surface area contributed by atoms with Crippen LogP contribution in [-0.2, 0) is 27.4 Å². The number of nitrogens with zero attached hydrogens (tertiary/aromatic N) is 5. The molecule has 3 rings (SSSR count). The maximum absolute atomic E-state index is 12.4. The molecule has 35 heavy (non-hydrogen) atoms. The summed E-state index contributed by atoms with van der Waals surface area (Å²) in [5.74, 6) is -1.02. The SMILES string of the molecule is CCOC(=O)CN(Cc1cccc(CN2CCCC2)c1)c1nc(OCCOC)nc(N)c1[N+](=O)[O-]. The molecule has 190 valence electrons. The van der Waals surface area contributed by atoms with Gasteiger partial charge in [-0.1, -0.05) is 24.3 Å². The van der Waals surface area contributed by atoms with E-state index in [9.17, 15) is 14.9 Å². The molecule has 0 unspecified atom stereocenters. The molecule has 0 amide bonds. The van der Waals surface area contributed by atoms with E-state index in [4.69, 9.17) is 19.9 Å². The van der Waals surface area contributed by atoms with Crippen LogP contribution in [0.1, 0.15) is 30.9 Å². The summed E-state index contributed by atoms with van der Waals surface area (Å²) in [4.78, 5) is 35.6. The minimum absolute atomic E-state index is 0.118. The number of methoxy groups -OCH3 is 1. The molecule has 1 saturated heterocycles. The molecule has 1 aliphatic heterocycles. The van der Waals surface area contributed by atoms with Gasteiger partial charge in [0.05, 0.1) is 18.1 Å². The Morgan fingerprint density at radius 1 is 1.23 bits per heavy atom. The molecule has 1 fully saturated rings. The van der Waals surface area contributed by atoms with Gasteiger partial charge in [0, 0.05) is 20.2 Å². The number of carbonyl (C=O) groups excluding carboxylic acids is 1. The van der Waals surface area contributed by atoms with Crippen LogP contribution in [-0.4, -0.2) is 72.3 Å². The van der Waals surface area contributed by atoms with Gasteiger partial charge in [-0.05, 0) is 44.0 Å². The summed E-state index contributed by atoms with van der Waals surface area (Å²) < 4.78 is 15.5. The predicted molar refractivity (Wildman–Crippen MR) is 129 cm³/mol. The first kappa shape index (κ1) is 26.1. The average molecular weight is 489 g/mol. The van der Waals surface area contributed by atoms with Crippen molar-refractivity contribution in [1.29, 1.82) is 0 Å². The summed E-state index contributed by atoms with van der Waals surface area (Å²) in [5.41, 5.74) is 7.40. The Hall–Kier alpha value is -3.51. The predicted octanol–water partition coefficient (Wildman–Crippen LogP) is 2.16. The van der Waals surface area contributed by atoms with E-state index in [2.05, 4.69) is 14.9 Å². The Bertz CT molecular complexity index is 1010. The summed E-state index contributed by atoms with van der Waals surface area (Å²) >= 11 is 0. The van der Waals surface area contributed by atoms with Gasteiger partial charge in [0.2, 0.25) is 11.6 Å². The Balaban J connectivity index is 1.94. The Morgan fingerprint density at radius 3 is 2.66 bits per heavy atom. The van der Waals surface area contributed by atoms with Crippen LogP contribution >= 0.6 is 0 Å². The standard InChI is InChI=1S/C23H32N6O6/c1-3-34-19(30)16-28(15-18-8-6-7-17(13-18)14-27-9-4-5-10-27)22-20(29(31)32)21(24)25-23(26-22)35-12-11-33-2/h6-8,13H,3-5,9-12,14-16H2,1-2H3,(H2,24,25,26). The first-order chi connectivity index (χ1) is 16.9. The van der Waals surface area contributed by atoms with Gasteiger partial charge in [-0.2, -0.15) is 9.97 Å². The fraction of sp³-hybridized carbons (Fsp3) is 0.522. The van der Waals surface area contributed by atoms with E-state index in [1.54, 1.807) is 6.92 Å². The molecular weight excluding hydrogens is 456 g/mol. The first-order valence-electron chi connectivity index (χ1n) is 11.6. The average Bonchev–Trinajstić information content (AvgIpc) is 3.31. The number of benzene rings is 1. The Labute approximate surface area is 204 Å². The maximum Gasteiger partial charge on any atom is 0.353 e. The zero-order valence-electron chi connectivity index (χ0n) is 20.1. The highest BCUT2D eigenvalue weighted by molar-refractivity contribution is 5.78. The highest BCUT2D eigenvalue weighted by Crippen LogP contribution is 2.33. The number of hydrogen-bond acceptors (Lipinski definition) is 11. The van der Waals surface area contributed by atoms with Gasteiger partial charge in [-0.25, -0.2) is 0 Å². The Morgan fingerprint density at radius 2 is 1.97 bits per heavy atom. The van der Waals surface area contributed by atoms with Crippen LogP contribution in [0.2, 0.25) is 0 Å². The smallest absolute Gasteiger partial charge is 0.353 e. The van der Waals surface area contributed by atoms with Crippen molar-refractivity contribution in [3.8, 4) is 6.01 Å². The molecule has 2 N–H and O–H groups in total. The molecule has 2 heterocycles. The van der Waals surface area contributed by atoms with Gasteiger partial charge < -0.3 is 24.8 Å². The zero-order chi connectivity index (χ0) is 25.2. The molecule has 0 atom stereocenters. The van der Waals surface area contributed by atoms with Crippen LogP contribution in [0.5, 0.6) is 6.01 Å². The molecule has 12 nitrogen and oxygen atoms in total. The molecule has 1 aliphatic rings. The van der Waals surface area contributed by atoms with Gasteiger partial charge in [0.1, 0.15) is 13.2 Å². The van der Waals surface area contributed by atoms with Crippen molar-refractivity contribution in [3.63, 3.8) is 0 Å². The third kappa shape index (κ3) is 7.49. The second-order valence-corrected chi connectivity index (χ2v) is 8.13. The zero-order valence-corrected chi connectivity index (χ0v) is 20.1. The summed E-state index contributed by atoms with van der Waals surface area (Å²) in [6.07, 6.45) is 2.39. The number of anilines is 2. The lowest BCUT2D eigenvalue weighted by Gasteiger charge is -2.24. The normalized spacial score (nSPS) is 13.5. The summed E-state index contributed by atoms with van der Waals surface area (Å²) in [6, 6.07) is 7.77. The van der Waals surface area contributed by atoms with Crippen molar-refractivity contribution in [2.24, 2.45) is 0 Å². The van der Waals surface area contributed by atoms with Crippen molar-refractivity contribution >= 4 is 23.3 Å². The number of nitrogens with two attached hydrogens (primary N) is 1. The fourth-order valence-electron chi connectivity index (χ4n) is 3.93. The largest absolute Gasteiger partial charge is 0.465 e. The topological polar surface area (TPSA) is 146 Å². The number of hydrogen-bond donors (Lipinski definition) is 1. The van der Waals surface area contributed by atoms with Crippen molar-refractivity contribution in [3.05, 3.63) is 45.5 Å². The number of nitro groups is 1. The molecule has 12 heteroatoms. The number of ether oxygens (including phenoxy) is 3. The summed E-state index contributed by atoms with van der Waals surface area (Å²) in [7, 11) is 1.51. The lowest BCUT2D eigenvalue weighted by molar-refractivity contribution is -0.383. The lowest BCUT2D eigenvalue weighted by Crippen LogP contribution is -2.32. The number of aromatic nitrogens is 2. The van der Waals surface area contributed by atoms with Crippen LogP contribution in [0.25, 0.3) is 0 Å². The number of nitrogen functional groups attached to an aromatic ring is 1. The van der Waals surface area contributed by atoms with Gasteiger partial charge in [0.15, 0.2) is 0 Å². The molecular formula is C23H32N6O6. The van der Waals surface area contributed by atoms with Gasteiger partial charge in [-0.15, -0.1) is 0 Å². The highest BCUT2D eigenvalue weighted by atomic mass is 16.6. The molecule has 0 radical (unpaired) electrons. The van der Waals surface area contributed by atoms with Crippen molar-refractivity contribution in [2.45, 2.75) is 32.9 Å². The molecule has 2 aromatic rings. The van der Waals surface area contributed by atoms with Crippen LogP contribution in [0.3, 0.4) is 0 Å². The molecule has 0 saturated carbocycles. The summed E-state index contributed by atoms with van der Waals surface area (Å²) in [6.45, 7) is 5.13. The van der Waals surface area contributed by atoms with Gasteiger partial charge >= 0.3 is 17.7 Å². The van der Waals surface area contributed by atoms with Gasteiger partial charge in [-0.3, -0.25) is 19.8 Å².